The highest BCUT2D eigenvalue weighted by molar-refractivity contribution is 6.01. The minimum atomic E-state index is -0.540. The molecule has 1 rings (SSSR count). The monoisotopic (exact) mass is 325 g/mol. The van der Waals surface area contributed by atoms with Crippen LogP contribution in [-0.2, 0) is 14.4 Å². The molecule has 0 radical (unpaired) electrons. The smallest absolute Gasteiger partial charge is 0.249 e. The van der Waals surface area contributed by atoms with Crippen molar-refractivity contribution in [3.8, 4) is 0 Å². The Morgan fingerprint density at radius 2 is 1.74 bits per heavy atom. The van der Waals surface area contributed by atoms with Crippen LogP contribution in [0.1, 0.15) is 54.4 Å². The first kappa shape index (κ1) is 19.6. The lowest BCUT2D eigenvalue weighted by Gasteiger charge is -2.31. The predicted octanol–water partition coefficient (Wildman–Crippen LogP) is 1.40. The number of imide groups is 1. The summed E-state index contributed by atoms with van der Waals surface area (Å²) in [6, 6.07) is -0.731. The molecule has 0 aromatic rings. The first-order chi connectivity index (χ1) is 10.5. The van der Waals surface area contributed by atoms with Gasteiger partial charge in [0.25, 0.3) is 0 Å². The van der Waals surface area contributed by atoms with Crippen molar-refractivity contribution >= 4 is 17.7 Å². The van der Waals surface area contributed by atoms with E-state index in [0.29, 0.717) is 13.0 Å². The average Bonchev–Trinajstić information content (AvgIpc) is 2.92. The van der Waals surface area contributed by atoms with Crippen LogP contribution >= 0.6 is 0 Å². The fourth-order valence-electron chi connectivity index (χ4n) is 2.65. The van der Waals surface area contributed by atoms with Crippen molar-refractivity contribution in [3.63, 3.8) is 0 Å². The van der Waals surface area contributed by atoms with Crippen LogP contribution in [0.2, 0.25) is 0 Å². The van der Waals surface area contributed by atoms with Gasteiger partial charge in [0, 0.05) is 18.0 Å². The number of likely N-dealkylation sites (N-methyl/N-ethyl adjacent to an activating group) is 1. The molecule has 1 aliphatic rings. The Hall–Kier alpha value is -1.43. The lowest BCUT2D eigenvalue weighted by atomic mass is 9.94. The summed E-state index contributed by atoms with van der Waals surface area (Å²) in [7, 11) is 1.85. The lowest BCUT2D eigenvalue weighted by molar-refractivity contribution is -0.146. The Labute approximate surface area is 139 Å². The molecule has 23 heavy (non-hydrogen) atoms. The molecule has 0 aromatic heterocycles. The van der Waals surface area contributed by atoms with Crippen molar-refractivity contribution in [2.24, 2.45) is 5.41 Å². The molecule has 6 heteroatoms. The number of carbonyl (C=O) groups excluding carboxylic acids is 3. The van der Waals surface area contributed by atoms with Crippen molar-refractivity contribution in [1.29, 1.82) is 0 Å². The number of nitrogens with zero attached hydrogens (tertiary/aromatic N) is 2. The fourth-order valence-corrected chi connectivity index (χ4v) is 2.65. The molecule has 1 aliphatic heterocycles. The largest absolute Gasteiger partial charge is 0.330 e. The van der Waals surface area contributed by atoms with Crippen molar-refractivity contribution in [3.05, 3.63) is 0 Å². The number of hydrogen-bond donors (Lipinski definition) is 1. The van der Waals surface area contributed by atoms with Gasteiger partial charge in [-0.3, -0.25) is 24.6 Å². The molecule has 0 bridgehead atoms. The summed E-state index contributed by atoms with van der Waals surface area (Å²) in [5.74, 6) is -0.731. The standard InChI is InChI=1S/C17H31N3O3/c1-11(2)19(7)12(3)14(21)18-15(22)13-9-8-10-20(13)16(23)17(4,5)6/h11-13H,8-10H2,1-7H3,(H,18,21,22). The van der Waals surface area contributed by atoms with Gasteiger partial charge in [0.2, 0.25) is 17.7 Å². The summed E-state index contributed by atoms with van der Waals surface area (Å²) in [4.78, 5) is 40.7. The van der Waals surface area contributed by atoms with Gasteiger partial charge in [-0.05, 0) is 40.7 Å². The van der Waals surface area contributed by atoms with Gasteiger partial charge in [0.15, 0.2) is 0 Å². The van der Waals surface area contributed by atoms with E-state index in [4.69, 9.17) is 0 Å². The van der Waals surface area contributed by atoms with E-state index in [2.05, 4.69) is 5.32 Å². The molecule has 0 aliphatic carbocycles. The molecule has 0 spiro atoms. The molecular weight excluding hydrogens is 294 g/mol. The zero-order chi connectivity index (χ0) is 17.9. The third-order valence-corrected chi connectivity index (χ3v) is 4.51. The first-order valence-electron chi connectivity index (χ1n) is 8.34. The molecule has 2 atom stereocenters. The van der Waals surface area contributed by atoms with Crippen LogP contribution in [0, 0.1) is 5.41 Å². The summed E-state index contributed by atoms with van der Waals surface area (Å²) in [6.07, 6.45) is 1.39. The lowest BCUT2D eigenvalue weighted by Crippen LogP contribution is -2.54. The van der Waals surface area contributed by atoms with E-state index in [-0.39, 0.29) is 23.8 Å². The highest BCUT2D eigenvalue weighted by Gasteiger charge is 2.39. The quantitative estimate of drug-likeness (QED) is 0.848. The van der Waals surface area contributed by atoms with Crippen LogP contribution in [0.25, 0.3) is 0 Å². The Bertz CT molecular complexity index is 468. The fraction of sp³-hybridized carbons (Fsp3) is 0.824. The highest BCUT2D eigenvalue weighted by Crippen LogP contribution is 2.25. The maximum atomic E-state index is 12.5. The number of likely N-dealkylation sites (tertiary alicyclic amines) is 1. The normalized spacial score (nSPS) is 20.0. The number of nitrogens with one attached hydrogen (secondary N) is 1. The number of carbonyl (C=O) groups is 3. The first-order valence-corrected chi connectivity index (χ1v) is 8.34. The molecule has 1 saturated heterocycles. The van der Waals surface area contributed by atoms with Crippen molar-refractivity contribution in [1.82, 2.24) is 15.1 Å². The van der Waals surface area contributed by atoms with Gasteiger partial charge in [-0.1, -0.05) is 20.8 Å². The minimum Gasteiger partial charge on any atom is -0.330 e. The second-order valence-corrected chi connectivity index (χ2v) is 7.70. The minimum absolute atomic E-state index is 0.0463. The van der Waals surface area contributed by atoms with E-state index in [9.17, 15) is 14.4 Å². The van der Waals surface area contributed by atoms with E-state index >= 15 is 0 Å². The second-order valence-electron chi connectivity index (χ2n) is 7.70. The van der Waals surface area contributed by atoms with Gasteiger partial charge >= 0.3 is 0 Å². The zero-order valence-electron chi connectivity index (χ0n) is 15.5. The molecule has 0 saturated carbocycles. The van der Waals surface area contributed by atoms with E-state index in [1.807, 2.05) is 46.6 Å². The van der Waals surface area contributed by atoms with Gasteiger partial charge in [0.1, 0.15) is 6.04 Å². The Balaban J connectivity index is 2.73. The van der Waals surface area contributed by atoms with Gasteiger partial charge < -0.3 is 4.90 Å². The van der Waals surface area contributed by atoms with E-state index in [0.717, 1.165) is 6.42 Å². The number of rotatable bonds is 4. The summed E-state index contributed by atoms with van der Waals surface area (Å²) in [5.41, 5.74) is -0.530. The molecule has 132 valence electrons. The predicted molar refractivity (Wildman–Crippen MR) is 89.7 cm³/mol. The summed E-state index contributed by atoms with van der Waals surface area (Å²) in [5, 5.41) is 2.48. The van der Waals surface area contributed by atoms with Gasteiger partial charge in [0.05, 0.1) is 6.04 Å². The van der Waals surface area contributed by atoms with Crippen LogP contribution in [0.5, 0.6) is 0 Å². The van der Waals surface area contributed by atoms with Gasteiger partial charge in [-0.2, -0.15) is 0 Å². The summed E-state index contributed by atoms with van der Waals surface area (Å²) in [6.45, 7) is 11.9. The Morgan fingerprint density at radius 1 is 1.17 bits per heavy atom. The molecule has 6 nitrogen and oxygen atoms in total. The molecule has 1 heterocycles. The molecule has 1 fully saturated rings. The second kappa shape index (κ2) is 7.43. The SMILES string of the molecule is CC(C)N(C)C(C)C(=O)NC(=O)C1CCCN1C(=O)C(C)(C)C. The maximum absolute atomic E-state index is 12.5. The molecule has 0 aromatic carbocycles. The van der Waals surface area contributed by atoms with Crippen LogP contribution in [-0.4, -0.2) is 59.2 Å². The van der Waals surface area contributed by atoms with Crippen molar-refractivity contribution in [2.75, 3.05) is 13.6 Å². The average molecular weight is 325 g/mol. The maximum Gasteiger partial charge on any atom is 0.249 e. The Morgan fingerprint density at radius 3 is 2.22 bits per heavy atom. The van der Waals surface area contributed by atoms with Crippen LogP contribution < -0.4 is 5.32 Å². The molecule has 1 N–H and O–H groups in total. The van der Waals surface area contributed by atoms with Gasteiger partial charge in [-0.25, -0.2) is 0 Å². The molecule has 2 unspecified atom stereocenters. The van der Waals surface area contributed by atoms with Crippen molar-refractivity contribution < 1.29 is 14.4 Å². The Kier molecular flexibility index (Phi) is 6.33. The van der Waals surface area contributed by atoms with E-state index < -0.39 is 17.5 Å². The van der Waals surface area contributed by atoms with E-state index in [1.165, 1.54) is 0 Å². The topological polar surface area (TPSA) is 69.7 Å². The molecule has 3 amide bonds. The van der Waals surface area contributed by atoms with Crippen LogP contribution in [0.4, 0.5) is 0 Å². The third-order valence-electron chi connectivity index (χ3n) is 4.51. The van der Waals surface area contributed by atoms with Crippen LogP contribution in [0.3, 0.4) is 0 Å². The number of amides is 3. The summed E-state index contributed by atoms with van der Waals surface area (Å²) < 4.78 is 0. The van der Waals surface area contributed by atoms with Crippen molar-refractivity contribution in [2.45, 2.75) is 72.5 Å². The summed E-state index contributed by atoms with van der Waals surface area (Å²) >= 11 is 0. The van der Waals surface area contributed by atoms with E-state index in [1.54, 1.807) is 11.8 Å². The highest BCUT2D eigenvalue weighted by atomic mass is 16.2. The third kappa shape index (κ3) is 4.77. The van der Waals surface area contributed by atoms with Gasteiger partial charge in [-0.15, -0.1) is 0 Å². The molecular formula is C17H31N3O3. The van der Waals surface area contributed by atoms with Crippen LogP contribution in [0.15, 0.2) is 0 Å². The zero-order valence-corrected chi connectivity index (χ0v) is 15.5. The number of hydrogen-bond acceptors (Lipinski definition) is 4.